The Kier molecular flexibility index (Phi) is 67.5. The van der Waals surface area contributed by atoms with Gasteiger partial charge in [-0.2, -0.15) is 0 Å². The molecule has 0 amide bonds. The Morgan fingerprint density at radius 3 is 1.25 bits per heavy atom. The van der Waals surface area contributed by atoms with Gasteiger partial charge in [0, 0.05) is 0 Å². The van der Waals surface area contributed by atoms with Gasteiger partial charge in [0.15, 0.2) is 0 Å². The van der Waals surface area contributed by atoms with Crippen molar-refractivity contribution in [1.82, 2.24) is 0 Å². The second kappa shape index (κ2) is 17.0. The van der Waals surface area contributed by atoms with E-state index < -0.39 is 0 Å². The average molecular weight is 369 g/mol. The predicted octanol–water partition coefficient (Wildman–Crippen LogP) is -5.11. The average Bonchev–Trinajstić information content (AvgIpc) is 1.00. The minimum Gasteiger partial charge on any atom is -1.00 e. The van der Waals surface area contributed by atoms with E-state index in [1.54, 1.807) is 0 Å². The van der Waals surface area contributed by atoms with Crippen molar-refractivity contribution in [3.8, 4) is 0 Å². The second-order valence-corrected chi connectivity index (χ2v) is 0. The molecule has 4 heteroatoms. The van der Waals surface area contributed by atoms with Crippen LogP contribution in [-0.2, 0) is 17.3 Å². The Morgan fingerprint density at radius 1 is 1.25 bits per heavy atom. The number of halogens is 2. The standard InChI is InChI=1S/Ag.2HI.Li/h;2*1H;/q+1;;;+1/p-2. The molecule has 0 aromatic rings. The van der Waals surface area contributed by atoms with Crippen molar-refractivity contribution in [2.24, 2.45) is 0 Å². The van der Waals surface area contributed by atoms with E-state index in [2.05, 4.69) is 17.3 Å². The summed E-state index contributed by atoms with van der Waals surface area (Å²) in [5, 5.41) is 0. The van der Waals surface area contributed by atoms with E-state index in [9.17, 15) is 0 Å². The van der Waals surface area contributed by atoms with Crippen molar-refractivity contribution in [3.05, 3.63) is 0 Å². The Bertz CT molecular complexity index is 6.00. The summed E-state index contributed by atoms with van der Waals surface area (Å²) in [7, 11) is 0. The quantitative estimate of drug-likeness (QED) is 0.296. The van der Waals surface area contributed by atoms with E-state index >= 15 is 0 Å². The van der Waals surface area contributed by atoms with Crippen LogP contribution in [0.25, 0.3) is 0 Å². The van der Waals surface area contributed by atoms with Crippen LogP contribution in [-0.4, -0.2) is 0 Å². The van der Waals surface area contributed by atoms with E-state index in [0.29, 0.717) is 0 Å². The van der Waals surface area contributed by atoms with Crippen molar-refractivity contribution >= 4 is 19.0 Å². The van der Waals surface area contributed by atoms with Gasteiger partial charge < -0.3 is 24.0 Å². The zero-order valence-electron chi connectivity index (χ0n) is 2.06. The number of rotatable bonds is 0. The number of hydrogen-bond acceptors (Lipinski definition) is 0. The first kappa shape index (κ1) is 15.8. The molecule has 0 N–H and O–H groups in total. The molecule has 26 valence electrons. The minimum absolute atomic E-state index is 0. The molecule has 0 spiro atoms. The minimum atomic E-state index is 0. The van der Waals surface area contributed by atoms with Gasteiger partial charge in [-0.15, -0.1) is 0 Å². The van der Waals surface area contributed by atoms with Gasteiger partial charge in [-0.25, -0.2) is 0 Å². The first-order chi connectivity index (χ1) is 1.00. The van der Waals surface area contributed by atoms with Gasteiger partial charge in [0.25, 0.3) is 0 Å². The van der Waals surface area contributed by atoms with Crippen LogP contribution in [0.4, 0.5) is 0 Å². The molecular weight excluding hydrogens is 369 g/mol. The van der Waals surface area contributed by atoms with Gasteiger partial charge in [-0.1, -0.05) is 0 Å². The van der Waals surface area contributed by atoms with Gasteiger partial charge in [0.1, 0.15) is 0 Å². The summed E-state index contributed by atoms with van der Waals surface area (Å²) in [6.07, 6.45) is 0. The molecule has 0 unspecified atom stereocenters. The topological polar surface area (TPSA) is 0 Å². The van der Waals surface area contributed by atoms with Crippen LogP contribution in [0.2, 0.25) is 0 Å². The molecule has 4 heavy (non-hydrogen) atoms. The normalized spacial score (nSPS) is 1.75. The summed E-state index contributed by atoms with van der Waals surface area (Å²) in [6.45, 7) is 0. The first-order valence-corrected chi connectivity index (χ1v) is 4.52. The van der Waals surface area contributed by atoms with Crippen molar-refractivity contribution in [2.75, 3.05) is 0 Å². The third kappa shape index (κ3) is 8.84. The smallest absolute Gasteiger partial charge is 1.00 e. The van der Waals surface area contributed by atoms with E-state index in [0.717, 1.165) is 0 Å². The van der Waals surface area contributed by atoms with Crippen LogP contribution in [0.5, 0.6) is 0 Å². The number of hydrogen-bond donors (Lipinski definition) is 0. The fraction of sp³-hybridized carbons (Fsp3) is 0. The third-order valence-corrected chi connectivity index (χ3v) is 0. The Morgan fingerprint density at radius 2 is 1.25 bits per heavy atom. The van der Waals surface area contributed by atoms with Gasteiger partial charge in [0.05, 0.1) is 0 Å². The summed E-state index contributed by atoms with van der Waals surface area (Å²) in [5.74, 6) is 0. The fourth-order valence-electron chi connectivity index (χ4n) is 0. The molecule has 0 saturated carbocycles. The molecule has 0 atom stereocenters. The van der Waals surface area contributed by atoms with Gasteiger partial charge in [0.2, 0.25) is 0 Å². The van der Waals surface area contributed by atoms with E-state index in [1.807, 2.05) is 19.0 Å². The third-order valence-electron chi connectivity index (χ3n) is 0. The zero-order valence-corrected chi connectivity index (χ0v) is 7.85. The van der Waals surface area contributed by atoms with Gasteiger partial charge >= 0.3 is 55.1 Å². The van der Waals surface area contributed by atoms with Gasteiger partial charge in [-0.3, -0.25) is 0 Å². The molecule has 0 aliphatic carbocycles. The summed E-state index contributed by atoms with van der Waals surface area (Å²) in [6, 6.07) is 0. The van der Waals surface area contributed by atoms with Crippen LogP contribution in [0, 0.1) is 0 Å². The maximum atomic E-state index is 2.92. The Balaban J connectivity index is -0.00000000500. The van der Waals surface area contributed by atoms with E-state index in [-0.39, 0.29) is 42.8 Å². The van der Waals surface area contributed by atoms with Crippen molar-refractivity contribution in [1.29, 1.82) is 0 Å². The van der Waals surface area contributed by atoms with Crippen LogP contribution in [0.1, 0.15) is 0 Å². The molecule has 0 fully saturated rings. The largest absolute Gasteiger partial charge is 1.00 e. The summed E-state index contributed by atoms with van der Waals surface area (Å²) in [4.78, 5) is 0. The molecule has 0 aliphatic rings. The van der Waals surface area contributed by atoms with Crippen molar-refractivity contribution in [3.63, 3.8) is 0 Å². The molecule has 0 bridgehead atoms. The molecule has 0 heterocycles. The molecule has 0 saturated heterocycles. The molecule has 0 aromatic carbocycles. The van der Waals surface area contributed by atoms with Crippen LogP contribution >= 0.6 is 19.0 Å². The van der Waals surface area contributed by atoms with E-state index in [1.165, 1.54) is 0 Å². The first-order valence-electron chi connectivity index (χ1n) is 0.114. The SMILES string of the molecule is [Ag][I].[I-].[Li+]. The van der Waals surface area contributed by atoms with Crippen molar-refractivity contribution in [2.45, 2.75) is 0 Å². The summed E-state index contributed by atoms with van der Waals surface area (Å²) < 4.78 is 0. The molecular formula is AgI2Li. The fourth-order valence-corrected chi connectivity index (χ4v) is 0. The maximum absolute atomic E-state index is 2.92. The molecule has 0 nitrogen and oxygen atoms in total. The Labute approximate surface area is 77.5 Å². The molecule has 0 rings (SSSR count). The van der Waals surface area contributed by atoms with Crippen LogP contribution < -0.4 is 42.8 Å². The van der Waals surface area contributed by atoms with Crippen LogP contribution in [0.15, 0.2) is 0 Å². The maximum Gasteiger partial charge on any atom is 1.00 e. The summed E-state index contributed by atoms with van der Waals surface area (Å²) >= 11 is 4.88. The molecule has 0 aromatic heterocycles. The zero-order chi connectivity index (χ0) is 2.00. The Hall–Kier alpha value is 2.80. The van der Waals surface area contributed by atoms with Gasteiger partial charge in [-0.05, 0) is 0 Å². The molecule has 0 aliphatic heterocycles. The van der Waals surface area contributed by atoms with Crippen molar-refractivity contribution < 1.29 is 60.1 Å². The monoisotopic (exact) mass is 368 g/mol. The summed E-state index contributed by atoms with van der Waals surface area (Å²) in [5.41, 5.74) is 0. The van der Waals surface area contributed by atoms with Crippen LogP contribution in [0.3, 0.4) is 0 Å². The molecule has 0 radical (unpaired) electrons. The second-order valence-electron chi connectivity index (χ2n) is 0. The predicted molar refractivity (Wildman–Crippen MR) is 14.0 cm³/mol. The van der Waals surface area contributed by atoms with E-state index in [4.69, 9.17) is 0 Å².